The van der Waals surface area contributed by atoms with Crippen molar-refractivity contribution in [3.63, 3.8) is 0 Å². The molecule has 3 aromatic rings. The van der Waals surface area contributed by atoms with E-state index in [1.807, 2.05) is 24.3 Å². The molecule has 0 unspecified atom stereocenters. The molecule has 0 heterocycles. The van der Waals surface area contributed by atoms with Gasteiger partial charge in [0, 0.05) is 6.04 Å². The van der Waals surface area contributed by atoms with Gasteiger partial charge in [-0.15, -0.1) is 0 Å². The van der Waals surface area contributed by atoms with Crippen molar-refractivity contribution < 1.29 is 4.39 Å². The highest BCUT2D eigenvalue weighted by Gasteiger charge is 2.12. The van der Waals surface area contributed by atoms with Crippen molar-refractivity contribution in [3.8, 4) is 0 Å². The van der Waals surface area contributed by atoms with Crippen LogP contribution in [-0.2, 0) is 0 Å². The van der Waals surface area contributed by atoms with Crippen molar-refractivity contribution in [3.05, 3.63) is 60.2 Å². The van der Waals surface area contributed by atoms with Crippen LogP contribution in [0.3, 0.4) is 0 Å². The number of nitrogens with two attached hydrogens (primary N) is 1. The summed E-state index contributed by atoms with van der Waals surface area (Å²) >= 11 is 0. The van der Waals surface area contributed by atoms with Gasteiger partial charge in [-0.05, 0) is 39.6 Å². The zero-order valence-corrected chi connectivity index (χ0v) is 10.6. The van der Waals surface area contributed by atoms with Gasteiger partial charge in [0.05, 0.1) is 6.67 Å². The van der Waals surface area contributed by atoms with E-state index in [-0.39, 0.29) is 12.7 Å². The Labute approximate surface area is 111 Å². The number of fused-ring (bicyclic) bond motifs is 3. The second-order valence-electron chi connectivity index (χ2n) is 4.82. The highest BCUT2D eigenvalue weighted by Crippen LogP contribution is 2.32. The monoisotopic (exact) mass is 253 g/mol. The highest BCUT2D eigenvalue weighted by atomic mass is 19.1. The molecule has 0 saturated carbocycles. The fourth-order valence-electron chi connectivity index (χ4n) is 2.66. The molecule has 0 aliphatic heterocycles. The van der Waals surface area contributed by atoms with Crippen LogP contribution >= 0.6 is 0 Å². The predicted molar refractivity (Wildman–Crippen MR) is 79.0 cm³/mol. The SMILES string of the molecule is N[C@H](CCF)c1cc2ccccc2c2ccccc12. The summed E-state index contributed by atoms with van der Waals surface area (Å²) in [6.07, 6.45) is 0.363. The van der Waals surface area contributed by atoms with Gasteiger partial charge in [-0.3, -0.25) is 4.39 Å². The Bertz CT molecular complexity index is 721. The van der Waals surface area contributed by atoms with Gasteiger partial charge in [-0.25, -0.2) is 0 Å². The molecule has 0 saturated heterocycles. The summed E-state index contributed by atoms with van der Waals surface area (Å²) < 4.78 is 12.6. The normalized spacial score (nSPS) is 12.9. The molecule has 96 valence electrons. The fraction of sp³-hybridized carbons (Fsp3) is 0.176. The lowest BCUT2D eigenvalue weighted by Crippen LogP contribution is -2.11. The van der Waals surface area contributed by atoms with Gasteiger partial charge in [-0.2, -0.15) is 0 Å². The maximum absolute atomic E-state index is 12.6. The van der Waals surface area contributed by atoms with Crippen molar-refractivity contribution in [1.82, 2.24) is 0 Å². The second-order valence-corrected chi connectivity index (χ2v) is 4.82. The zero-order valence-electron chi connectivity index (χ0n) is 10.6. The van der Waals surface area contributed by atoms with Crippen LogP contribution in [0.25, 0.3) is 21.5 Å². The molecule has 3 aromatic carbocycles. The van der Waals surface area contributed by atoms with Crippen LogP contribution in [0.5, 0.6) is 0 Å². The first kappa shape index (κ1) is 12.1. The first-order valence-electron chi connectivity index (χ1n) is 6.53. The standard InChI is InChI=1S/C17H16FN/c18-10-9-17(19)16-11-12-5-1-2-6-13(12)14-7-3-4-8-15(14)16/h1-8,11,17H,9-10,19H2/t17-/m1/s1. The summed E-state index contributed by atoms with van der Waals surface area (Å²) in [5.74, 6) is 0. The second kappa shape index (κ2) is 4.98. The molecule has 0 radical (unpaired) electrons. The van der Waals surface area contributed by atoms with Crippen LogP contribution in [0.4, 0.5) is 4.39 Å². The molecule has 0 amide bonds. The average Bonchev–Trinajstić information content (AvgIpc) is 2.46. The Morgan fingerprint density at radius 1 is 0.895 bits per heavy atom. The molecule has 0 aliphatic carbocycles. The summed E-state index contributed by atoms with van der Waals surface area (Å²) in [4.78, 5) is 0. The van der Waals surface area contributed by atoms with Gasteiger partial charge < -0.3 is 5.73 Å². The van der Waals surface area contributed by atoms with E-state index in [0.717, 1.165) is 16.3 Å². The third kappa shape index (κ3) is 2.08. The molecule has 1 nitrogen and oxygen atoms in total. The van der Waals surface area contributed by atoms with Crippen molar-refractivity contribution in [2.75, 3.05) is 6.67 Å². The molecule has 19 heavy (non-hydrogen) atoms. The minimum Gasteiger partial charge on any atom is -0.324 e. The zero-order chi connectivity index (χ0) is 13.2. The highest BCUT2D eigenvalue weighted by molar-refractivity contribution is 6.09. The van der Waals surface area contributed by atoms with Crippen LogP contribution in [0, 0.1) is 0 Å². The maximum atomic E-state index is 12.6. The number of hydrogen-bond donors (Lipinski definition) is 1. The maximum Gasteiger partial charge on any atom is 0.0912 e. The smallest absolute Gasteiger partial charge is 0.0912 e. The molecule has 0 aromatic heterocycles. The molecule has 2 heteroatoms. The van der Waals surface area contributed by atoms with Crippen LogP contribution < -0.4 is 5.73 Å². The van der Waals surface area contributed by atoms with Crippen LogP contribution in [0.2, 0.25) is 0 Å². The van der Waals surface area contributed by atoms with Crippen LogP contribution in [0.15, 0.2) is 54.6 Å². The van der Waals surface area contributed by atoms with Gasteiger partial charge in [0.25, 0.3) is 0 Å². The Hall–Kier alpha value is -1.93. The topological polar surface area (TPSA) is 26.0 Å². The van der Waals surface area contributed by atoms with Crippen molar-refractivity contribution in [2.45, 2.75) is 12.5 Å². The minimum absolute atomic E-state index is 0.250. The summed E-state index contributed by atoms with van der Waals surface area (Å²) in [6.45, 7) is -0.387. The Kier molecular flexibility index (Phi) is 3.18. The minimum atomic E-state index is -0.387. The quantitative estimate of drug-likeness (QED) is 0.690. The number of rotatable bonds is 3. The average molecular weight is 253 g/mol. The lowest BCUT2D eigenvalue weighted by Gasteiger charge is -2.15. The Morgan fingerprint density at radius 2 is 1.53 bits per heavy atom. The molecule has 3 rings (SSSR count). The van der Waals surface area contributed by atoms with Gasteiger partial charge in [0.15, 0.2) is 0 Å². The summed E-state index contributed by atoms with van der Waals surface area (Å²) in [5, 5.41) is 4.69. The van der Waals surface area contributed by atoms with E-state index in [2.05, 4.69) is 30.3 Å². The van der Waals surface area contributed by atoms with Gasteiger partial charge in [-0.1, -0.05) is 48.5 Å². The third-order valence-corrected chi connectivity index (χ3v) is 3.62. The van der Waals surface area contributed by atoms with E-state index in [4.69, 9.17) is 5.73 Å². The Balaban J connectivity index is 2.35. The van der Waals surface area contributed by atoms with Crippen LogP contribution in [-0.4, -0.2) is 6.67 Å². The molecule has 0 bridgehead atoms. The first-order valence-corrected chi connectivity index (χ1v) is 6.53. The number of halogens is 1. The molecule has 0 fully saturated rings. The van der Waals surface area contributed by atoms with E-state index >= 15 is 0 Å². The first-order chi connectivity index (χ1) is 9.31. The van der Waals surface area contributed by atoms with E-state index in [0.29, 0.717) is 6.42 Å². The van der Waals surface area contributed by atoms with Gasteiger partial charge in [0.1, 0.15) is 0 Å². The predicted octanol–water partition coefficient (Wildman–Crippen LogP) is 4.35. The number of alkyl halides is 1. The molecule has 0 spiro atoms. The molecule has 2 N–H and O–H groups in total. The van der Waals surface area contributed by atoms with Crippen molar-refractivity contribution >= 4 is 21.5 Å². The molecule has 0 aliphatic rings. The van der Waals surface area contributed by atoms with E-state index in [1.54, 1.807) is 0 Å². The molecular weight excluding hydrogens is 237 g/mol. The summed E-state index contributed by atoms with van der Waals surface area (Å²) in [6, 6.07) is 18.3. The molecule has 1 atom stereocenters. The van der Waals surface area contributed by atoms with E-state index in [1.165, 1.54) is 10.8 Å². The summed E-state index contributed by atoms with van der Waals surface area (Å²) in [7, 11) is 0. The van der Waals surface area contributed by atoms with E-state index in [9.17, 15) is 4.39 Å². The van der Waals surface area contributed by atoms with Crippen molar-refractivity contribution in [2.24, 2.45) is 5.73 Å². The third-order valence-electron chi connectivity index (χ3n) is 3.62. The van der Waals surface area contributed by atoms with E-state index < -0.39 is 0 Å². The number of hydrogen-bond acceptors (Lipinski definition) is 1. The lowest BCUT2D eigenvalue weighted by atomic mass is 9.93. The van der Waals surface area contributed by atoms with Crippen molar-refractivity contribution in [1.29, 1.82) is 0 Å². The molecular formula is C17H16FN. The Morgan fingerprint density at radius 3 is 2.26 bits per heavy atom. The van der Waals surface area contributed by atoms with Gasteiger partial charge in [0.2, 0.25) is 0 Å². The lowest BCUT2D eigenvalue weighted by molar-refractivity contribution is 0.443. The van der Waals surface area contributed by atoms with Crippen LogP contribution in [0.1, 0.15) is 18.0 Å². The fourth-order valence-corrected chi connectivity index (χ4v) is 2.66. The number of benzene rings is 3. The largest absolute Gasteiger partial charge is 0.324 e. The van der Waals surface area contributed by atoms with Gasteiger partial charge >= 0.3 is 0 Å². The summed E-state index contributed by atoms with van der Waals surface area (Å²) in [5.41, 5.74) is 7.16.